The van der Waals surface area contributed by atoms with Gasteiger partial charge in [0.05, 0.1) is 5.69 Å². The monoisotopic (exact) mass is 206 g/mol. The number of aromatic nitrogens is 1. The maximum Gasteiger partial charge on any atom is 0.138 e. The highest BCUT2D eigenvalue weighted by Crippen LogP contribution is 2.38. The summed E-state index contributed by atoms with van der Waals surface area (Å²) in [5, 5.41) is 4.03. The first-order valence-corrected chi connectivity index (χ1v) is 5.93. The van der Waals surface area contributed by atoms with Crippen molar-refractivity contribution in [2.24, 2.45) is 0 Å². The molecule has 3 rings (SSSR count). The van der Waals surface area contributed by atoms with Crippen molar-refractivity contribution in [2.75, 3.05) is 0 Å². The lowest BCUT2D eigenvalue weighted by Crippen LogP contribution is -2.28. The maximum atomic E-state index is 5.22. The fraction of sp³-hybridized carbons (Fsp3) is 0.750. The lowest BCUT2D eigenvalue weighted by molar-refractivity contribution is 0.242. The van der Waals surface area contributed by atoms with Crippen LogP contribution in [0.4, 0.5) is 0 Å². The standard InChI is InChI=1S/C12H18N2O/c1-8-12(9(2)15-13-8)7-14-10-3-4-11(14)6-5-10/h10-11H,3-7H2,1-2H3. The molecule has 3 heteroatoms. The predicted molar refractivity (Wildman–Crippen MR) is 57.6 cm³/mol. The zero-order chi connectivity index (χ0) is 10.4. The Morgan fingerprint density at radius 2 is 1.80 bits per heavy atom. The maximum absolute atomic E-state index is 5.22. The van der Waals surface area contributed by atoms with Gasteiger partial charge in [0, 0.05) is 24.2 Å². The topological polar surface area (TPSA) is 29.3 Å². The fourth-order valence-corrected chi connectivity index (χ4v) is 3.19. The Kier molecular flexibility index (Phi) is 2.09. The third-order valence-electron chi connectivity index (χ3n) is 4.13. The molecule has 0 spiro atoms. The molecule has 15 heavy (non-hydrogen) atoms. The summed E-state index contributed by atoms with van der Waals surface area (Å²) in [6.07, 6.45) is 5.59. The van der Waals surface area contributed by atoms with E-state index in [1.54, 1.807) is 0 Å². The van der Waals surface area contributed by atoms with Gasteiger partial charge in [0.2, 0.25) is 0 Å². The van der Waals surface area contributed by atoms with Crippen molar-refractivity contribution in [1.29, 1.82) is 0 Å². The molecule has 0 saturated carbocycles. The predicted octanol–water partition coefficient (Wildman–Crippen LogP) is 2.42. The van der Waals surface area contributed by atoms with Crippen LogP contribution in [0.3, 0.4) is 0 Å². The molecular weight excluding hydrogens is 188 g/mol. The molecule has 0 unspecified atom stereocenters. The molecule has 0 aliphatic carbocycles. The highest BCUT2D eigenvalue weighted by molar-refractivity contribution is 5.21. The van der Waals surface area contributed by atoms with Gasteiger partial charge in [0.25, 0.3) is 0 Å². The van der Waals surface area contributed by atoms with Gasteiger partial charge in [0.15, 0.2) is 0 Å². The van der Waals surface area contributed by atoms with E-state index < -0.39 is 0 Å². The zero-order valence-corrected chi connectivity index (χ0v) is 9.49. The largest absolute Gasteiger partial charge is 0.361 e. The normalized spacial score (nSPS) is 30.3. The summed E-state index contributed by atoms with van der Waals surface area (Å²) in [5.41, 5.74) is 2.38. The summed E-state index contributed by atoms with van der Waals surface area (Å²) in [6.45, 7) is 5.12. The van der Waals surface area contributed by atoms with Crippen LogP contribution >= 0.6 is 0 Å². The fourth-order valence-electron chi connectivity index (χ4n) is 3.19. The van der Waals surface area contributed by atoms with Crippen LogP contribution in [-0.2, 0) is 6.54 Å². The molecule has 1 aromatic rings. The van der Waals surface area contributed by atoms with Crippen LogP contribution in [0.2, 0.25) is 0 Å². The molecule has 0 amide bonds. The second-order valence-corrected chi connectivity index (χ2v) is 4.94. The van der Waals surface area contributed by atoms with Crippen molar-refractivity contribution in [2.45, 2.75) is 58.2 Å². The Labute approximate surface area is 90.4 Å². The molecular formula is C12H18N2O. The van der Waals surface area contributed by atoms with Crippen molar-refractivity contribution >= 4 is 0 Å². The molecule has 2 aliphatic rings. The number of hydrogen-bond acceptors (Lipinski definition) is 3. The van der Waals surface area contributed by atoms with Crippen molar-refractivity contribution in [3.05, 3.63) is 17.0 Å². The van der Waals surface area contributed by atoms with E-state index in [0.717, 1.165) is 30.1 Å². The zero-order valence-electron chi connectivity index (χ0n) is 9.49. The van der Waals surface area contributed by atoms with E-state index in [1.165, 1.54) is 31.2 Å². The number of hydrogen-bond donors (Lipinski definition) is 0. The second-order valence-electron chi connectivity index (χ2n) is 4.94. The summed E-state index contributed by atoms with van der Waals surface area (Å²) in [6, 6.07) is 1.67. The smallest absolute Gasteiger partial charge is 0.138 e. The molecule has 2 aliphatic heterocycles. The van der Waals surface area contributed by atoms with Crippen LogP contribution in [0.1, 0.15) is 42.7 Å². The molecule has 1 aromatic heterocycles. The van der Waals surface area contributed by atoms with Gasteiger partial charge in [-0.3, -0.25) is 4.90 Å². The van der Waals surface area contributed by atoms with Gasteiger partial charge in [-0.25, -0.2) is 0 Å². The van der Waals surface area contributed by atoms with E-state index in [0.29, 0.717) is 0 Å². The molecule has 2 saturated heterocycles. The van der Waals surface area contributed by atoms with Crippen LogP contribution in [0.15, 0.2) is 4.52 Å². The van der Waals surface area contributed by atoms with Crippen LogP contribution in [0.25, 0.3) is 0 Å². The quantitative estimate of drug-likeness (QED) is 0.744. The van der Waals surface area contributed by atoms with Crippen LogP contribution in [-0.4, -0.2) is 22.1 Å². The minimum Gasteiger partial charge on any atom is -0.361 e. The molecule has 2 fully saturated rings. The van der Waals surface area contributed by atoms with Crippen LogP contribution in [0.5, 0.6) is 0 Å². The molecule has 2 bridgehead atoms. The van der Waals surface area contributed by atoms with Gasteiger partial charge in [0.1, 0.15) is 5.76 Å². The first-order valence-electron chi connectivity index (χ1n) is 5.93. The first-order chi connectivity index (χ1) is 7.25. The minimum atomic E-state index is 0.837. The van der Waals surface area contributed by atoms with E-state index in [1.807, 2.05) is 13.8 Å². The molecule has 0 aromatic carbocycles. The number of rotatable bonds is 2. The van der Waals surface area contributed by atoms with Crippen molar-refractivity contribution in [3.8, 4) is 0 Å². The van der Waals surface area contributed by atoms with Gasteiger partial charge < -0.3 is 4.52 Å². The van der Waals surface area contributed by atoms with Gasteiger partial charge in [-0.05, 0) is 39.5 Å². The average Bonchev–Trinajstić information content (AvgIpc) is 2.89. The Morgan fingerprint density at radius 3 is 2.27 bits per heavy atom. The molecule has 3 nitrogen and oxygen atoms in total. The van der Waals surface area contributed by atoms with Gasteiger partial charge in [-0.15, -0.1) is 0 Å². The van der Waals surface area contributed by atoms with Crippen molar-refractivity contribution < 1.29 is 4.52 Å². The lowest BCUT2D eigenvalue weighted by atomic mass is 10.0. The van der Waals surface area contributed by atoms with Crippen LogP contribution < -0.4 is 0 Å². The number of fused-ring (bicyclic) bond motifs is 2. The molecule has 82 valence electrons. The second kappa shape index (κ2) is 3.34. The summed E-state index contributed by atoms with van der Waals surface area (Å²) in [7, 11) is 0. The highest BCUT2D eigenvalue weighted by atomic mass is 16.5. The number of aryl methyl sites for hydroxylation is 2. The van der Waals surface area contributed by atoms with Gasteiger partial charge >= 0.3 is 0 Å². The Bertz CT molecular complexity index is 332. The van der Waals surface area contributed by atoms with E-state index in [4.69, 9.17) is 4.52 Å². The van der Waals surface area contributed by atoms with Crippen molar-refractivity contribution in [3.63, 3.8) is 0 Å². The molecule has 0 atom stereocenters. The summed E-state index contributed by atoms with van der Waals surface area (Å²) in [5.74, 6) is 0.999. The molecule has 0 radical (unpaired) electrons. The van der Waals surface area contributed by atoms with Crippen LogP contribution in [0, 0.1) is 13.8 Å². The summed E-state index contributed by atoms with van der Waals surface area (Å²) in [4.78, 5) is 2.66. The Balaban J connectivity index is 1.81. The van der Waals surface area contributed by atoms with Gasteiger partial charge in [-0.1, -0.05) is 5.16 Å². The first kappa shape index (κ1) is 9.40. The molecule has 3 heterocycles. The lowest BCUT2D eigenvalue weighted by Gasteiger charge is -2.21. The Hall–Kier alpha value is -0.830. The summed E-state index contributed by atoms with van der Waals surface area (Å²) >= 11 is 0. The van der Waals surface area contributed by atoms with E-state index in [9.17, 15) is 0 Å². The van der Waals surface area contributed by atoms with Crippen molar-refractivity contribution in [1.82, 2.24) is 10.1 Å². The minimum absolute atomic E-state index is 0.837. The van der Waals surface area contributed by atoms with Gasteiger partial charge in [-0.2, -0.15) is 0 Å². The Morgan fingerprint density at radius 1 is 1.20 bits per heavy atom. The van der Waals surface area contributed by atoms with E-state index in [2.05, 4.69) is 10.1 Å². The average molecular weight is 206 g/mol. The summed E-state index contributed by atoms with van der Waals surface area (Å²) < 4.78 is 5.22. The SMILES string of the molecule is Cc1noc(C)c1CN1C2CCC1CC2. The van der Waals surface area contributed by atoms with E-state index >= 15 is 0 Å². The molecule has 0 N–H and O–H groups in total. The third-order valence-corrected chi connectivity index (χ3v) is 4.13. The third kappa shape index (κ3) is 1.41. The van der Waals surface area contributed by atoms with E-state index in [-0.39, 0.29) is 0 Å². The highest BCUT2D eigenvalue weighted by Gasteiger charge is 2.39. The number of nitrogens with zero attached hydrogens (tertiary/aromatic N) is 2.